The van der Waals surface area contributed by atoms with E-state index in [4.69, 9.17) is 16.3 Å². The molecular weight excluding hydrogens is 464 g/mol. The summed E-state index contributed by atoms with van der Waals surface area (Å²) in [7, 11) is 1.59. The van der Waals surface area contributed by atoms with E-state index in [2.05, 4.69) is 15.7 Å². The lowest BCUT2D eigenvalue weighted by molar-refractivity contribution is 0.0941. The molecule has 0 spiro atoms. The largest absolute Gasteiger partial charge is 0.497 e. The molecule has 2 amide bonds. The lowest BCUT2D eigenvalue weighted by Gasteiger charge is -2.12. The lowest BCUT2D eigenvalue weighted by Crippen LogP contribution is -2.30. The fraction of sp³-hybridized carbons (Fsp3) is 0.148. The third-order valence-electron chi connectivity index (χ3n) is 5.24. The van der Waals surface area contributed by atoms with Crippen LogP contribution in [0.3, 0.4) is 0 Å². The molecule has 0 atom stereocenters. The number of para-hydroxylation sites is 1. The second kappa shape index (κ2) is 10.4. The summed E-state index contributed by atoms with van der Waals surface area (Å²) < 4.78 is 6.91. The monoisotopic (exact) mass is 488 g/mol. The van der Waals surface area contributed by atoms with E-state index in [0.717, 1.165) is 11.3 Å². The molecule has 0 fully saturated rings. The first-order chi connectivity index (χ1) is 16.9. The van der Waals surface area contributed by atoms with Crippen molar-refractivity contribution in [2.45, 2.75) is 19.9 Å². The molecule has 0 saturated carbocycles. The highest BCUT2D eigenvalue weighted by atomic mass is 35.5. The number of hydrogen-bond donors (Lipinski definition) is 2. The van der Waals surface area contributed by atoms with E-state index in [1.165, 1.54) is 0 Å². The molecule has 35 heavy (non-hydrogen) atoms. The zero-order valence-corrected chi connectivity index (χ0v) is 20.3. The van der Waals surface area contributed by atoms with Crippen molar-refractivity contribution in [3.63, 3.8) is 0 Å². The van der Waals surface area contributed by atoms with Gasteiger partial charge in [0.1, 0.15) is 11.4 Å². The molecule has 0 aliphatic rings. The molecule has 0 unspecified atom stereocenters. The van der Waals surface area contributed by atoms with Crippen LogP contribution in [0, 0.1) is 0 Å². The molecule has 3 aromatic carbocycles. The number of carbonyl (C=O) groups excluding carboxylic acids is 2. The molecule has 178 valence electrons. The Bertz CT molecular complexity index is 1350. The Hall–Kier alpha value is -4.10. The SMILES string of the molecule is COc1ccc(-c2nn(-c3ccccc3)cc2C(=O)Nc2cc(C(=O)NC(C)C)ccc2Cl)cc1. The number of ether oxygens (including phenoxy) is 1. The minimum absolute atomic E-state index is 0.0212. The van der Waals surface area contributed by atoms with Gasteiger partial charge in [0.25, 0.3) is 11.8 Å². The fourth-order valence-corrected chi connectivity index (χ4v) is 3.68. The Kier molecular flexibility index (Phi) is 7.17. The molecule has 0 bridgehead atoms. The number of benzene rings is 3. The minimum Gasteiger partial charge on any atom is -0.497 e. The van der Waals surface area contributed by atoms with Crippen molar-refractivity contribution < 1.29 is 14.3 Å². The summed E-state index contributed by atoms with van der Waals surface area (Å²) in [6.07, 6.45) is 1.67. The highest BCUT2D eigenvalue weighted by Gasteiger charge is 2.20. The summed E-state index contributed by atoms with van der Waals surface area (Å²) in [6, 6.07) is 21.6. The van der Waals surface area contributed by atoms with Crippen LogP contribution < -0.4 is 15.4 Å². The van der Waals surface area contributed by atoms with E-state index in [1.807, 2.05) is 68.4 Å². The first kappa shape index (κ1) is 24.0. The zero-order chi connectivity index (χ0) is 24.9. The van der Waals surface area contributed by atoms with E-state index < -0.39 is 5.91 Å². The van der Waals surface area contributed by atoms with Gasteiger partial charge >= 0.3 is 0 Å². The van der Waals surface area contributed by atoms with Gasteiger partial charge in [-0.2, -0.15) is 5.10 Å². The quantitative estimate of drug-likeness (QED) is 0.355. The van der Waals surface area contributed by atoms with Crippen LogP contribution in [0.4, 0.5) is 5.69 Å². The standard InChI is InChI=1S/C27H25ClN4O3/c1-17(2)29-26(33)19-11-14-23(28)24(15-19)30-27(34)22-16-32(20-7-5-4-6-8-20)31-25(22)18-9-12-21(35-3)13-10-18/h4-17H,1-3H3,(H,29,33)(H,30,34). The van der Waals surface area contributed by atoms with Gasteiger partial charge in [0.2, 0.25) is 0 Å². The number of aromatic nitrogens is 2. The number of nitrogens with zero attached hydrogens (tertiary/aromatic N) is 2. The third-order valence-corrected chi connectivity index (χ3v) is 5.57. The second-order valence-electron chi connectivity index (χ2n) is 8.18. The number of halogens is 1. The van der Waals surface area contributed by atoms with Crippen LogP contribution >= 0.6 is 11.6 Å². The first-order valence-corrected chi connectivity index (χ1v) is 11.4. The van der Waals surface area contributed by atoms with Gasteiger partial charge in [0.05, 0.1) is 29.1 Å². The maximum atomic E-state index is 13.4. The van der Waals surface area contributed by atoms with Crippen molar-refractivity contribution >= 4 is 29.1 Å². The van der Waals surface area contributed by atoms with Gasteiger partial charge in [0, 0.05) is 23.4 Å². The fourth-order valence-electron chi connectivity index (χ4n) is 3.51. The minimum atomic E-state index is -0.402. The van der Waals surface area contributed by atoms with E-state index in [-0.39, 0.29) is 11.9 Å². The number of amides is 2. The van der Waals surface area contributed by atoms with E-state index >= 15 is 0 Å². The summed E-state index contributed by atoms with van der Waals surface area (Å²) >= 11 is 6.35. The third kappa shape index (κ3) is 5.53. The van der Waals surface area contributed by atoms with Gasteiger partial charge in [-0.3, -0.25) is 9.59 Å². The summed E-state index contributed by atoms with van der Waals surface area (Å²) in [5.74, 6) is 0.0508. The van der Waals surface area contributed by atoms with Gasteiger partial charge in [-0.15, -0.1) is 0 Å². The van der Waals surface area contributed by atoms with E-state index in [0.29, 0.717) is 33.3 Å². The predicted octanol–water partition coefficient (Wildman–Crippen LogP) is 5.59. The Balaban J connectivity index is 1.71. The van der Waals surface area contributed by atoms with Crippen LogP contribution in [-0.2, 0) is 0 Å². The summed E-state index contributed by atoms with van der Waals surface area (Å²) in [4.78, 5) is 25.9. The highest BCUT2D eigenvalue weighted by molar-refractivity contribution is 6.34. The van der Waals surface area contributed by atoms with Crippen molar-refractivity contribution in [2.24, 2.45) is 0 Å². The maximum absolute atomic E-state index is 13.4. The number of hydrogen-bond acceptors (Lipinski definition) is 4. The normalized spacial score (nSPS) is 10.8. The maximum Gasteiger partial charge on any atom is 0.259 e. The Morgan fingerprint density at radius 1 is 0.971 bits per heavy atom. The van der Waals surface area contributed by atoms with Crippen molar-refractivity contribution in [3.05, 3.63) is 95.1 Å². The first-order valence-electron chi connectivity index (χ1n) is 11.1. The molecule has 2 N–H and O–H groups in total. The van der Waals surface area contributed by atoms with Crippen molar-refractivity contribution in [1.82, 2.24) is 15.1 Å². The topological polar surface area (TPSA) is 85.2 Å². The van der Waals surface area contributed by atoms with E-state index in [1.54, 1.807) is 36.2 Å². The van der Waals surface area contributed by atoms with Gasteiger partial charge in [-0.05, 0) is 68.4 Å². The molecule has 0 saturated heterocycles. The molecule has 1 heterocycles. The number of carbonyl (C=O) groups is 2. The van der Waals surface area contributed by atoms with Crippen molar-refractivity contribution in [1.29, 1.82) is 0 Å². The Morgan fingerprint density at radius 3 is 2.34 bits per heavy atom. The van der Waals surface area contributed by atoms with Gasteiger partial charge < -0.3 is 15.4 Å². The van der Waals surface area contributed by atoms with Gasteiger partial charge in [-0.25, -0.2) is 4.68 Å². The van der Waals surface area contributed by atoms with Crippen molar-refractivity contribution in [2.75, 3.05) is 12.4 Å². The molecule has 4 aromatic rings. The Labute approximate surface area is 208 Å². The molecule has 8 heteroatoms. The molecule has 4 rings (SSSR count). The average Bonchev–Trinajstić information content (AvgIpc) is 3.31. The van der Waals surface area contributed by atoms with Gasteiger partial charge in [-0.1, -0.05) is 29.8 Å². The summed E-state index contributed by atoms with van der Waals surface area (Å²) in [5.41, 5.74) is 3.15. The Morgan fingerprint density at radius 2 is 1.69 bits per heavy atom. The van der Waals surface area contributed by atoms with Crippen LogP contribution in [0.5, 0.6) is 5.75 Å². The van der Waals surface area contributed by atoms with Crippen LogP contribution in [-0.4, -0.2) is 34.7 Å². The average molecular weight is 489 g/mol. The molecule has 0 aliphatic heterocycles. The van der Waals surface area contributed by atoms with Crippen LogP contribution in [0.2, 0.25) is 5.02 Å². The number of nitrogens with one attached hydrogen (secondary N) is 2. The number of methoxy groups -OCH3 is 1. The number of anilines is 1. The van der Waals surface area contributed by atoms with E-state index in [9.17, 15) is 9.59 Å². The molecule has 7 nitrogen and oxygen atoms in total. The highest BCUT2D eigenvalue weighted by Crippen LogP contribution is 2.28. The van der Waals surface area contributed by atoms with Crippen molar-refractivity contribution in [3.8, 4) is 22.7 Å². The van der Waals surface area contributed by atoms with Gasteiger partial charge in [0.15, 0.2) is 0 Å². The smallest absolute Gasteiger partial charge is 0.259 e. The molecular formula is C27H25ClN4O3. The van der Waals surface area contributed by atoms with Crippen LogP contribution in [0.15, 0.2) is 79.0 Å². The molecule has 0 radical (unpaired) electrons. The zero-order valence-electron chi connectivity index (χ0n) is 19.6. The van der Waals surface area contributed by atoms with Crippen LogP contribution in [0.1, 0.15) is 34.6 Å². The summed E-state index contributed by atoms with van der Waals surface area (Å²) in [6.45, 7) is 3.75. The summed E-state index contributed by atoms with van der Waals surface area (Å²) in [5, 5.41) is 10.7. The lowest BCUT2D eigenvalue weighted by atomic mass is 10.1. The second-order valence-corrected chi connectivity index (χ2v) is 8.58. The molecule has 0 aliphatic carbocycles. The predicted molar refractivity (Wildman–Crippen MR) is 138 cm³/mol. The molecule has 1 aromatic heterocycles. The number of rotatable bonds is 7. The van der Waals surface area contributed by atoms with Crippen LogP contribution in [0.25, 0.3) is 16.9 Å².